The van der Waals surface area contributed by atoms with Crippen molar-refractivity contribution < 1.29 is 4.57 Å². The highest BCUT2D eigenvalue weighted by molar-refractivity contribution is 7.23. The zero-order chi connectivity index (χ0) is 13.3. The van der Waals surface area contributed by atoms with Gasteiger partial charge in [0.25, 0.3) is 0 Å². The molecule has 0 radical (unpaired) electrons. The molecule has 1 nitrogen and oxygen atoms in total. The lowest BCUT2D eigenvalue weighted by molar-refractivity contribution is 0.538. The lowest BCUT2D eigenvalue weighted by Gasteiger charge is -2.02. The summed E-state index contributed by atoms with van der Waals surface area (Å²) >= 11 is 0. The highest BCUT2D eigenvalue weighted by Crippen LogP contribution is 2.13. The Labute approximate surface area is 116 Å². The molecule has 2 heteroatoms. The van der Waals surface area contributed by atoms with Crippen LogP contribution in [0.3, 0.4) is 0 Å². The first-order valence-corrected chi connectivity index (χ1v) is 9.20. The first kappa shape index (κ1) is 18.1. The Morgan fingerprint density at radius 2 is 0.889 bits per heavy atom. The predicted molar refractivity (Wildman–Crippen MR) is 82.8 cm³/mol. The van der Waals surface area contributed by atoms with Gasteiger partial charge in [-0.3, -0.25) is 4.57 Å². The van der Waals surface area contributed by atoms with Crippen LogP contribution in [-0.2, 0) is 4.57 Å². The van der Waals surface area contributed by atoms with E-state index in [9.17, 15) is 4.57 Å². The second-order valence-corrected chi connectivity index (χ2v) is 6.15. The minimum Gasteiger partial charge on any atom is -0.275 e. The Balaban J connectivity index is 2.88. The molecule has 0 spiro atoms. The summed E-state index contributed by atoms with van der Waals surface area (Å²) in [5, 5.41) is 0. The SMILES string of the molecule is CCCCCCCCCCCCCCCCP=O. The predicted octanol–water partition coefficient (Wildman–Crippen LogP) is 6.76. The molecule has 0 aromatic heterocycles. The van der Waals surface area contributed by atoms with Crippen molar-refractivity contribution >= 4 is 8.46 Å². The summed E-state index contributed by atoms with van der Waals surface area (Å²) < 4.78 is 10.2. The van der Waals surface area contributed by atoms with Crippen molar-refractivity contribution in [2.45, 2.75) is 96.8 Å². The number of hydrogen-bond donors (Lipinski definition) is 0. The summed E-state index contributed by atoms with van der Waals surface area (Å²) in [6, 6.07) is 0. The van der Waals surface area contributed by atoms with Crippen LogP contribution in [0.5, 0.6) is 0 Å². The van der Waals surface area contributed by atoms with Gasteiger partial charge in [-0.05, 0) is 6.42 Å². The normalized spacial score (nSPS) is 11.2. The van der Waals surface area contributed by atoms with Crippen LogP contribution in [0.1, 0.15) is 96.8 Å². The van der Waals surface area contributed by atoms with E-state index in [2.05, 4.69) is 6.92 Å². The third-order valence-corrected chi connectivity index (χ3v) is 4.10. The van der Waals surface area contributed by atoms with E-state index >= 15 is 0 Å². The van der Waals surface area contributed by atoms with Crippen LogP contribution in [0.4, 0.5) is 0 Å². The maximum atomic E-state index is 10.2. The molecule has 0 saturated heterocycles. The van der Waals surface area contributed by atoms with E-state index in [4.69, 9.17) is 0 Å². The lowest BCUT2D eigenvalue weighted by atomic mass is 10.0. The quantitative estimate of drug-likeness (QED) is 0.238. The molecule has 0 aliphatic rings. The van der Waals surface area contributed by atoms with Crippen LogP contribution in [0.25, 0.3) is 0 Å². The summed E-state index contributed by atoms with van der Waals surface area (Å²) in [4.78, 5) is 0. The van der Waals surface area contributed by atoms with E-state index in [0.29, 0.717) is 8.46 Å². The zero-order valence-corrected chi connectivity index (χ0v) is 13.4. The summed E-state index contributed by atoms with van der Waals surface area (Å²) in [6.07, 6.45) is 20.3. The Bertz CT molecular complexity index is 159. The largest absolute Gasteiger partial charge is 0.275 e. The third kappa shape index (κ3) is 16.1. The third-order valence-electron chi connectivity index (χ3n) is 3.60. The van der Waals surface area contributed by atoms with Crippen LogP contribution < -0.4 is 0 Å². The van der Waals surface area contributed by atoms with Gasteiger partial charge >= 0.3 is 0 Å². The second kappa shape index (κ2) is 17.1. The van der Waals surface area contributed by atoms with Gasteiger partial charge in [-0.2, -0.15) is 0 Å². The fourth-order valence-electron chi connectivity index (χ4n) is 2.37. The highest BCUT2D eigenvalue weighted by atomic mass is 31.1. The van der Waals surface area contributed by atoms with Crippen LogP contribution >= 0.6 is 8.46 Å². The Morgan fingerprint density at radius 3 is 1.22 bits per heavy atom. The van der Waals surface area contributed by atoms with Gasteiger partial charge in [-0.1, -0.05) is 90.4 Å². The molecule has 108 valence electrons. The van der Waals surface area contributed by atoms with Crippen LogP contribution in [0.15, 0.2) is 0 Å². The van der Waals surface area contributed by atoms with Crippen molar-refractivity contribution in [2.75, 3.05) is 6.16 Å². The van der Waals surface area contributed by atoms with Crippen molar-refractivity contribution in [3.05, 3.63) is 0 Å². The smallest absolute Gasteiger partial charge is 0.155 e. The van der Waals surface area contributed by atoms with E-state index < -0.39 is 0 Å². The fraction of sp³-hybridized carbons (Fsp3) is 1.00. The monoisotopic (exact) mass is 272 g/mol. The van der Waals surface area contributed by atoms with E-state index in [1.807, 2.05) is 0 Å². The van der Waals surface area contributed by atoms with E-state index in [-0.39, 0.29) is 0 Å². The molecule has 0 saturated carbocycles. The molecule has 0 amide bonds. The highest BCUT2D eigenvalue weighted by Gasteiger charge is 1.93. The molecule has 0 unspecified atom stereocenters. The van der Waals surface area contributed by atoms with E-state index in [0.717, 1.165) is 12.6 Å². The van der Waals surface area contributed by atoms with E-state index in [1.165, 1.54) is 83.5 Å². The average Bonchev–Trinajstić information content (AvgIpc) is 2.39. The first-order chi connectivity index (χ1) is 8.91. The maximum Gasteiger partial charge on any atom is 0.155 e. The molecule has 0 rings (SSSR count). The number of hydrogen-bond acceptors (Lipinski definition) is 1. The minimum absolute atomic E-state index is 0.327. The van der Waals surface area contributed by atoms with Crippen LogP contribution in [0.2, 0.25) is 0 Å². The van der Waals surface area contributed by atoms with Gasteiger partial charge in [0, 0.05) is 6.16 Å². The zero-order valence-electron chi connectivity index (χ0n) is 12.5. The summed E-state index contributed by atoms with van der Waals surface area (Å²) in [5.41, 5.74) is 0. The number of unbranched alkanes of at least 4 members (excludes halogenated alkanes) is 13. The standard InChI is InChI=1S/C16H33OP/c1-2-3-4-5-6-7-8-9-10-11-12-13-14-15-16-18-17/h2-16H2,1H3. The van der Waals surface area contributed by atoms with Crippen LogP contribution in [-0.4, -0.2) is 6.16 Å². The molecule has 0 bridgehead atoms. The van der Waals surface area contributed by atoms with Gasteiger partial charge in [-0.15, -0.1) is 0 Å². The Hall–Kier alpha value is 0.100. The molecule has 0 atom stereocenters. The van der Waals surface area contributed by atoms with Crippen molar-refractivity contribution in [3.63, 3.8) is 0 Å². The average molecular weight is 272 g/mol. The van der Waals surface area contributed by atoms with Crippen molar-refractivity contribution in [1.82, 2.24) is 0 Å². The molecule has 0 aromatic rings. The van der Waals surface area contributed by atoms with Gasteiger partial charge in [0.05, 0.1) is 0 Å². The second-order valence-electron chi connectivity index (χ2n) is 5.45. The summed E-state index contributed by atoms with van der Waals surface area (Å²) in [5.74, 6) is 0. The molecule has 0 N–H and O–H groups in total. The van der Waals surface area contributed by atoms with Gasteiger partial charge in [0.1, 0.15) is 0 Å². The van der Waals surface area contributed by atoms with Crippen molar-refractivity contribution in [2.24, 2.45) is 0 Å². The number of rotatable bonds is 15. The summed E-state index contributed by atoms with van der Waals surface area (Å²) in [7, 11) is 0.327. The molecule has 0 aromatic carbocycles. The van der Waals surface area contributed by atoms with Gasteiger partial charge in [0.15, 0.2) is 8.46 Å². The Morgan fingerprint density at radius 1 is 0.556 bits per heavy atom. The maximum absolute atomic E-state index is 10.2. The van der Waals surface area contributed by atoms with Gasteiger partial charge in [-0.25, -0.2) is 0 Å². The fourth-order valence-corrected chi connectivity index (χ4v) is 2.72. The first-order valence-electron chi connectivity index (χ1n) is 8.21. The van der Waals surface area contributed by atoms with Crippen molar-refractivity contribution in [1.29, 1.82) is 0 Å². The molecule has 0 heterocycles. The van der Waals surface area contributed by atoms with Gasteiger partial charge in [0.2, 0.25) is 0 Å². The van der Waals surface area contributed by atoms with Gasteiger partial charge < -0.3 is 0 Å². The topological polar surface area (TPSA) is 17.1 Å². The van der Waals surface area contributed by atoms with Crippen molar-refractivity contribution in [3.8, 4) is 0 Å². The molecular weight excluding hydrogens is 239 g/mol. The lowest BCUT2D eigenvalue weighted by Crippen LogP contribution is -1.83. The summed E-state index contributed by atoms with van der Waals surface area (Å²) in [6.45, 7) is 2.28. The molecule has 18 heavy (non-hydrogen) atoms. The minimum atomic E-state index is 0.327. The molecule has 0 aliphatic carbocycles. The molecular formula is C16H33OP. The van der Waals surface area contributed by atoms with E-state index in [1.54, 1.807) is 0 Å². The van der Waals surface area contributed by atoms with Crippen LogP contribution in [0, 0.1) is 0 Å². The molecule has 0 aliphatic heterocycles. The Kier molecular flexibility index (Phi) is 17.2. The molecule has 0 fully saturated rings.